The molecule has 7 heteroatoms. The Labute approximate surface area is 137 Å². The van der Waals surface area contributed by atoms with Gasteiger partial charge in [0, 0.05) is 29.6 Å². The SMILES string of the molecule is O=C(CCNC(=O)c1ccco1)NCc1ccc(Cl)cc1Cl. The van der Waals surface area contributed by atoms with Gasteiger partial charge in [0.1, 0.15) is 0 Å². The Hall–Kier alpha value is -1.98. The van der Waals surface area contributed by atoms with E-state index in [1.165, 1.54) is 6.26 Å². The fraction of sp³-hybridized carbons (Fsp3) is 0.200. The van der Waals surface area contributed by atoms with Crippen LogP contribution >= 0.6 is 23.2 Å². The van der Waals surface area contributed by atoms with Gasteiger partial charge in [-0.1, -0.05) is 29.3 Å². The quantitative estimate of drug-likeness (QED) is 0.848. The van der Waals surface area contributed by atoms with Gasteiger partial charge in [0.15, 0.2) is 5.76 Å². The van der Waals surface area contributed by atoms with Crippen molar-refractivity contribution in [1.29, 1.82) is 0 Å². The highest BCUT2D eigenvalue weighted by Gasteiger charge is 2.09. The maximum atomic E-state index is 11.7. The third-order valence-electron chi connectivity index (χ3n) is 2.87. The van der Waals surface area contributed by atoms with Gasteiger partial charge in [0.2, 0.25) is 5.91 Å². The van der Waals surface area contributed by atoms with Crippen LogP contribution in [0.2, 0.25) is 10.0 Å². The molecular weight excluding hydrogens is 327 g/mol. The highest BCUT2D eigenvalue weighted by Crippen LogP contribution is 2.20. The first-order valence-electron chi connectivity index (χ1n) is 6.58. The molecule has 0 atom stereocenters. The minimum absolute atomic E-state index is 0.164. The molecule has 0 aliphatic rings. The fourth-order valence-corrected chi connectivity index (χ4v) is 2.21. The second kappa shape index (κ2) is 7.87. The van der Waals surface area contributed by atoms with Crippen molar-refractivity contribution >= 4 is 35.0 Å². The van der Waals surface area contributed by atoms with Crippen molar-refractivity contribution < 1.29 is 14.0 Å². The van der Waals surface area contributed by atoms with Gasteiger partial charge in [0.25, 0.3) is 5.91 Å². The smallest absolute Gasteiger partial charge is 0.286 e. The van der Waals surface area contributed by atoms with Gasteiger partial charge >= 0.3 is 0 Å². The van der Waals surface area contributed by atoms with Gasteiger partial charge in [-0.05, 0) is 29.8 Å². The average Bonchev–Trinajstić information content (AvgIpc) is 3.00. The molecule has 0 saturated carbocycles. The normalized spacial score (nSPS) is 10.3. The van der Waals surface area contributed by atoms with E-state index in [0.717, 1.165) is 5.56 Å². The van der Waals surface area contributed by atoms with E-state index < -0.39 is 0 Å². The van der Waals surface area contributed by atoms with Gasteiger partial charge in [-0.15, -0.1) is 0 Å². The molecule has 0 saturated heterocycles. The maximum absolute atomic E-state index is 11.7. The second-order valence-electron chi connectivity index (χ2n) is 4.50. The van der Waals surface area contributed by atoms with Gasteiger partial charge in [0.05, 0.1) is 6.26 Å². The first-order valence-corrected chi connectivity index (χ1v) is 7.34. The number of benzene rings is 1. The number of carbonyl (C=O) groups is 2. The van der Waals surface area contributed by atoms with E-state index in [-0.39, 0.29) is 30.5 Å². The van der Waals surface area contributed by atoms with Crippen LogP contribution in [0.4, 0.5) is 0 Å². The standard InChI is InChI=1S/C15H14Cl2N2O3/c16-11-4-3-10(12(17)8-11)9-19-14(20)5-6-18-15(21)13-2-1-7-22-13/h1-4,7-8H,5-6,9H2,(H,18,21)(H,19,20). The predicted octanol–water partition coefficient (Wildman–Crippen LogP) is 3.02. The summed E-state index contributed by atoms with van der Waals surface area (Å²) in [6.07, 6.45) is 1.58. The van der Waals surface area contributed by atoms with E-state index in [9.17, 15) is 9.59 Å². The monoisotopic (exact) mass is 340 g/mol. The molecule has 0 bridgehead atoms. The van der Waals surface area contributed by atoms with Crippen LogP contribution in [0, 0.1) is 0 Å². The van der Waals surface area contributed by atoms with Gasteiger partial charge < -0.3 is 15.1 Å². The van der Waals surface area contributed by atoms with Crippen molar-refractivity contribution in [3.63, 3.8) is 0 Å². The summed E-state index contributed by atoms with van der Waals surface area (Å²) in [6.45, 7) is 0.528. The molecule has 1 heterocycles. The molecule has 0 fully saturated rings. The molecule has 2 N–H and O–H groups in total. The number of carbonyl (C=O) groups excluding carboxylic acids is 2. The van der Waals surface area contributed by atoms with E-state index in [2.05, 4.69) is 10.6 Å². The fourth-order valence-electron chi connectivity index (χ4n) is 1.73. The van der Waals surface area contributed by atoms with Gasteiger partial charge in [-0.3, -0.25) is 9.59 Å². The Kier molecular flexibility index (Phi) is 5.86. The topological polar surface area (TPSA) is 71.3 Å². The van der Waals surface area contributed by atoms with E-state index in [0.29, 0.717) is 16.6 Å². The second-order valence-corrected chi connectivity index (χ2v) is 5.34. The average molecular weight is 341 g/mol. The number of halogens is 2. The van der Waals surface area contributed by atoms with Gasteiger partial charge in [-0.25, -0.2) is 0 Å². The first-order chi connectivity index (χ1) is 10.6. The number of nitrogens with one attached hydrogen (secondary N) is 2. The van der Waals surface area contributed by atoms with E-state index in [1.54, 1.807) is 30.3 Å². The van der Waals surface area contributed by atoms with Crippen molar-refractivity contribution in [2.24, 2.45) is 0 Å². The zero-order valence-corrected chi connectivity index (χ0v) is 13.1. The van der Waals surface area contributed by atoms with Crippen molar-refractivity contribution in [2.75, 3.05) is 6.54 Å². The zero-order valence-electron chi connectivity index (χ0n) is 11.6. The number of hydrogen-bond donors (Lipinski definition) is 2. The third kappa shape index (κ3) is 4.79. The molecule has 1 aromatic heterocycles. The van der Waals surface area contributed by atoms with Crippen LogP contribution in [0.1, 0.15) is 22.5 Å². The van der Waals surface area contributed by atoms with Crippen LogP contribution in [-0.4, -0.2) is 18.4 Å². The molecule has 5 nitrogen and oxygen atoms in total. The lowest BCUT2D eigenvalue weighted by molar-refractivity contribution is -0.121. The van der Waals surface area contributed by atoms with Crippen molar-refractivity contribution in [2.45, 2.75) is 13.0 Å². The highest BCUT2D eigenvalue weighted by molar-refractivity contribution is 6.35. The molecule has 0 aliphatic carbocycles. The molecule has 2 rings (SSSR count). The van der Waals surface area contributed by atoms with Crippen molar-refractivity contribution in [1.82, 2.24) is 10.6 Å². The third-order valence-corrected chi connectivity index (χ3v) is 3.46. The van der Waals surface area contributed by atoms with E-state index in [1.807, 2.05) is 0 Å². The molecular formula is C15H14Cl2N2O3. The lowest BCUT2D eigenvalue weighted by Crippen LogP contribution is -2.30. The predicted molar refractivity (Wildman–Crippen MR) is 84.0 cm³/mol. The van der Waals surface area contributed by atoms with Crippen LogP contribution in [0.5, 0.6) is 0 Å². The zero-order chi connectivity index (χ0) is 15.9. The molecule has 2 amide bonds. The summed E-state index contributed by atoms with van der Waals surface area (Å²) in [4.78, 5) is 23.3. The summed E-state index contributed by atoms with van der Waals surface area (Å²) in [7, 11) is 0. The maximum Gasteiger partial charge on any atom is 0.286 e. The van der Waals surface area contributed by atoms with Crippen molar-refractivity contribution in [3.8, 4) is 0 Å². The summed E-state index contributed by atoms with van der Waals surface area (Å²) in [6, 6.07) is 8.26. The number of hydrogen-bond acceptors (Lipinski definition) is 3. The molecule has 116 valence electrons. The molecule has 0 aliphatic heterocycles. The number of rotatable bonds is 6. The molecule has 0 unspecified atom stereocenters. The van der Waals surface area contributed by atoms with Gasteiger partial charge in [-0.2, -0.15) is 0 Å². The minimum Gasteiger partial charge on any atom is -0.459 e. The largest absolute Gasteiger partial charge is 0.459 e. The number of furan rings is 1. The van der Waals surface area contributed by atoms with E-state index in [4.69, 9.17) is 27.6 Å². The summed E-state index contributed by atoms with van der Waals surface area (Å²) in [5, 5.41) is 6.36. The van der Waals surface area contributed by atoms with Crippen LogP contribution in [0.25, 0.3) is 0 Å². The molecule has 1 aromatic carbocycles. The Balaban J connectivity index is 1.71. The van der Waals surface area contributed by atoms with Crippen LogP contribution in [0.15, 0.2) is 41.0 Å². The lowest BCUT2D eigenvalue weighted by Gasteiger charge is -2.08. The van der Waals surface area contributed by atoms with Crippen LogP contribution in [0.3, 0.4) is 0 Å². The van der Waals surface area contributed by atoms with E-state index >= 15 is 0 Å². The summed E-state index contributed by atoms with van der Waals surface area (Å²) < 4.78 is 4.94. The summed E-state index contributed by atoms with van der Waals surface area (Å²) >= 11 is 11.8. The minimum atomic E-state index is -0.349. The molecule has 0 radical (unpaired) electrons. The number of amides is 2. The van der Waals surface area contributed by atoms with Crippen LogP contribution < -0.4 is 10.6 Å². The summed E-state index contributed by atoms with van der Waals surface area (Å²) in [5.74, 6) is -0.322. The highest BCUT2D eigenvalue weighted by atomic mass is 35.5. The Bertz CT molecular complexity index is 657. The first kappa shape index (κ1) is 16.4. The summed E-state index contributed by atoms with van der Waals surface area (Å²) in [5.41, 5.74) is 0.777. The Morgan fingerprint density at radius 3 is 2.64 bits per heavy atom. The molecule has 0 spiro atoms. The Morgan fingerprint density at radius 1 is 1.14 bits per heavy atom. The van der Waals surface area contributed by atoms with Crippen LogP contribution in [-0.2, 0) is 11.3 Å². The molecule has 22 heavy (non-hydrogen) atoms. The van der Waals surface area contributed by atoms with Crippen molar-refractivity contribution in [3.05, 3.63) is 58.0 Å². The Morgan fingerprint density at radius 2 is 1.95 bits per heavy atom. The lowest BCUT2D eigenvalue weighted by atomic mass is 10.2. The molecule has 2 aromatic rings.